The second-order valence-electron chi connectivity index (χ2n) is 7.88. The number of hydrogen-bond donors (Lipinski definition) is 0. The summed E-state index contributed by atoms with van der Waals surface area (Å²) in [7, 11) is 0. The second kappa shape index (κ2) is 5.40. The Balaban J connectivity index is 1.76. The molecule has 0 aromatic rings. The van der Waals surface area contributed by atoms with Gasteiger partial charge in [-0.1, -0.05) is 13.8 Å². The molecule has 3 rings (SSSR count). The van der Waals surface area contributed by atoms with E-state index in [-0.39, 0.29) is 23.4 Å². The monoisotopic (exact) mass is 292 g/mol. The van der Waals surface area contributed by atoms with Crippen molar-refractivity contribution in [3.8, 4) is 0 Å². The summed E-state index contributed by atoms with van der Waals surface area (Å²) in [4.78, 5) is 23.7. The topological polar surface area (TPSA) is 43.4 Å². The average Bonchev–Trinajstić information content (AvgIpc) is 2.42. The number of esters is 1. The highest BCUT2D eigenvalue weighted by Crippen LogP contribution is 2.59. The quantitative estimate of drug-likeness (QED) is 0.691. The van der Waals surface area contributed by atoms with Gasteiger partial charge in [0.1, 0.15) is 11.9 Å². The van der Waals surface area contributed by atoms with Crippen molar-refractivity contribution in [2.24, 2.45) is 29.1 Å². The van der Waals surface area contributed by atoms with Crippen molar-refractivity contribution in [2.45, 2.75) is 71.8 Å². The number of carbonyl (C=O) groups is 2. The van der Waals surface area contributed by atoms with Crippen LogP contribution in [0.25, 0.3) is 0 Å². The third kappa shape index (κ3) is 2.53. The summed E-state index contributed by atoms with van der Waals surface area (Å²) in [6.07, 6.45) is 7.66. The van der Waals surface area contributed by atoms with E-state index in [1.54, 1.807) is 0 Å². The number of carbonyl (C=O) groups excluding carboxylic acids is 2. The Hall–Kier alpha value is -0.860. The van der Waals surface area contributed by atoms with Crippen molar-refractivity contribution in [1.29, 1.82) is 0 Å². The number of ketones is 1. The van der Waals surface area contributed by atoms with Crippen molar-refractivity contribution in [3.05, 3.63) is 0 Å². The van der Waals surface area contributed by atoms with E-state index in [0.29, 0.717) is 23.5 Å². The lowest BCUT2D eigenvalue weighted by Crippen LogP contribution is -2.52. The molecule has 0 aliphatic heterocycles. The first-order chi connectivity index (χ1) is 9.91. The Morgan fingerprint density at radius 3 is 2.67 bits per heavy atom. The van der Waals surface area contributed by atoms with Gasteiger partial charge < -0.3 is 4.74 Å². The molecule has 0 amide bonds. The van der Waals surface area contributed by atoms with Crippen LogP contribution in [0.1, 0.15) is 65.7 Å². The van der Waals surface area contributed by atoms with Gasteiger partial charge in [0.2, 0.25) is 0 Å². The molecule has 3 nitrogen and oxygen atoms in total. The number of ether oxygens (including phenoxy) is 1. The molecule has 0 aromatic heterocycles. The van der Waals surface area contributed by atoms with Crippen LogP contribution in [0.5, 0.6) is 0 Å². The Labute approximate surface area is 127 Å². The van der Waals surface area contributed by atoms with Gasteiger partial charge in [-0.25, -0.2) is 0 Å². The van der Waals surface area contributed by atoms with E-state index in [1.807, 2.05) is 0 Å². The van der Waals surface area contributed by atoms with Crippen LogP contribution in [0.3, 0.4) is 0 Å². The molecule has 3 aliphatic rings. The van der Waals surface area contributed by atoms with Crippen molar-refractivity contribution in [3.63, 3.8) is 0 Å². The molecular formula is C18H28O3. The lowest BCUT2D eigenvalue weighted by atomic mass is 9.48. The summed E-state index contributed by atoms with van der Waals surface area (Å²) in [5, 5.41) is 0. The van der Waals surface area contributed by atoms with Crippen LogP contribution < -0.4 is 0 Å². The molecule has 118 valence electrons. The zero-order valence-corrected chi connectivity index (χ0v) is 13.6. The van der Waals surface area contributed by atoms with E-state index in [1.165, 1.54) is 13.3 Å². The standard InChI is InChI=1S/C18H28O3/c1-11-4-7-16-15(17(11)20)6-5-13-10-14(21-12(2)19)8-9-18(13,16)3/h11,13-16H,4-10H2,1-3H3. The zero-order chi connectivity index (χ0) is 15.2. The number of fused-ring (bicyclic) bond motifs is 3. The molecule has 3 heteroatoms. The fourth-order valence-electron chi connectivity index (χ4n) is 5.51. The summed E-state index contributed by atoms with van der Waals surface area (Å²) >= 11 is 0. The Morgan fingerprint density at radius 2 is 1.95 bits per heavy atom. The smallest absolute Gasteiger partial charge is 0.302 e. The molecule has 0 N–H and O–H groups in total. The maximum atomic E-state index is 12.5. The van der Waals surface area contributed by atoms with E-state index in [9.17, 15) is 9.59 Å². The van der Waals surface area contributed by atoms with Gasteiger partial charge in [-0.15, -0.1) is 0 Å². The number of hydrogen-bond acceptors (Lipinski definition) is 3. The summed E-state index contributed by atoms with van der Waals surface area (Å²) < 4.78 is 5.45. The Kier molecular flexibility index (Phi) is 3.87. The van der Waals surface area contributed by atoms with E-state index in [2.05, 4.69) is 13.8 Å². The SMILES string of the molecule is CC(=O)OC1CCC2(C)C(CCC3C(=O)C(C)CCC32)C1. The van der Waals surface area contributed by atoms with Crippen LogP contribution in [0.2, 0.25) is 0 Å². The maximum absolute atomic E-state index is 12.5. The van der Waals surface area contributed by atoms with Crippen molar-refractivity contribution < 1.29 is 14.3 Å². The maximum Gasteiger partial charge on any atom is 0.302 e. The molecule has 0 saturated heterocycles. The Morgan fingerprint density at radius 1 is 1.19 bits per heavy atom. The average molecular weight is 292 g/mol. The van der Waals surface area contributed by atoms with Crippen LogP contribution in [0, 0.1) is 29.1 Å². The van der Waals surface area contributed by atoms with Crippen molar-refractivity contribution in [2.75, 3.05) is 0 Å². The van der Waals surface area contributed by atoms with Gasteiger partial charge in [0.15, 0.2) is 0 Å². The molecule has 0 bridgehead atoms. The minimum absolute atomic E-state index is 0.107. The third-order valence-corrected chi connectivity index (χ3v) is 6.74. The Bertz CT molecular complexity index is 444. The second-order valence-corrected chi connectivity index (χ2v) is 7.88. The molecule has 0 radical (unpaired) electrons. The van der Waals surface area contributed by atoms with Gasteiger partial charge in [0.25, 0.3) is 0 Å². The third-order valence-electron chi connectivity index (χ3n) is 6.74. The normalized spacial score (nSPS) is 46.4. The van der Waals surface area contributed by atoms with Crippen LogP contribution in [-0.4, -0.2) is 17.9 Å². The van der Waals surface area contributed by atoms with Gasteiger partial charge in [-0.3, -0.25) is 9.59 Å². The molecule has 3 saturated carbocycles. The summed E-state index contributed by atoms with van der Waals surface area (Å²) in [5.41, 5.74) is 0.287. The molecule has 3 aliphatic carbocycles. The predicted octanol–water partition coefficient (Wildman–Crippen LogP) is 3.75. The predicted molar refractivity (Wildman–Crippen MR) is 80.6 cm³/mol. The van der Waals surface area contributed by atoms with Gasteiger partial charge in [0.05, 0.1) is 0 Å². The largest absolute Gasteiger partial charge is 0.463 e. The minimum atomic E-state index is -0.154. The summed E-state index contributed by atoms with van der Waals surface area (Å²) in [6, 6.07) is 0. The molecular weight excluding hydrogens is 264 g/mol. The van der Waals surface area contributed by atoms with E-state index in [0.717, 1.165) is 38.5 Å². The molecule has 21 heavy (non-hydrogen) atoms. The first-order valence-corrected chi connectivity index (χ1v) is 8.62. The molecule has 0 aromatic carbocycles. The summed E-state index contributed by atoms with van der Waals surface area (Å²) in [5.74, 6) is 2.13. The highest BCUT2D eigenvalue weighted by molar-refractivity contribution is 5.84. The van der Waals surface area contributed by atoms with Crippen molar-refractivity contribution >= 4 is 11.8 Å². The van der Waals surface area contributed by atoms with E-state index in [4.69, 9.17) is 4.74 Å². The lowest BCUT2D eigenvalue weighted by Gasteiger charge is -2.56. The van der Waals surface area contributed by atoms with Gasteiger partial charge in [0, 0.05) is 18.8 Å². The highest BCUT2D eigenvalue weighted by atomic mass is 16.5. The van der Waals surface area contributed by atoms with Gasteiger partial charge in [-0.2, -0.15) is 0 Å². The van der Waals surface area contributed by atoms with E-state index >= 15 is 0 Å². The first-order valence-electron chi connectivity index (χ1n) is 8.62. The fourth-order valence-corrected chi connectivity index (χ4v) is 5.51. The molecule has 0 spiro atoms. The van der Waals surface area contributed by atoms with Crippen molar-refractivity contribution in [1.82, 2.24) is 0 Å². The molecule has 6 unspecified atom stereocenters. The minimum Gasteiger partial charge on any atom is -0.463 e. The fraction of sp³-hybridized carbons (Fsp3) is 0.889. The highest BCUT2D eigenvalue weighted by Gasteiger charge is 2.54. The summed E-state index contributed by atoms with van der Waals surface area (Å²) in [6.45, 7) is 6.01. The van der Waals surface area contributed by atoms with E-state index < -0.39 is 0 Å². The number of Topliss-reactive ketones (excluding diaryl/α,β-unsaturated/α-hetero) is 1. The van der Waals surface area contributed by atoms with Crippen LogP contribution >= 0.6 is 0 Å². The van der Waals surface area contributed by atoms with Gasteiger partial charge >= 0.3 is 5.97 Å². The van der Waals surface area contributed by atoms with Gasteiger partial charge in [-0.05, 0) is 62.2 Å². The first kappa shape index (κ1) is 15.1. The lowest BCUT2D eigenvalue weighted by molar-refractivity contribution is -0.158. The van der Waals surface area contributed by atoms with Crippen LogP contribution in [0.4, 0.5) is 0 Å². The van der Waals surface area contributed by atoms with Crippen LogP contribution in [-0.2, 0) is 14.3 Å². The zero-order valence-electron chi connectivity index (χ0n) is 13.6. The molecule has 6 atom stereocenters. The van der Waals surface area contributed by atoms with Crippen LogP contribution in [0.15, 0.2) is 0 Å². The number of rotatable bonds is 1. The molecule has 0 heterocycles. The molecule has 3 fully saturated rings.